The molecule has 0 atom stereocenters. The largest absolute Gasteiger partial charge is 0.335 e. The van der Waals surface area contributed by atoms with E-state index in [1.54, 1.807) is 0 Å². The maximum atomic E-state index is 12.4. The van der Waals surface area contributed by atoms with Crippen LogP contribution in [0.5, 0.6) is 0 Å². The van der Waals surface area contributed by atoms with E-state index in [4.69, 9.17) is 0 Å². The van der Waals surface area contributed by atoms with Crippen LogP contribution in [0.2, 0.25) is 0 Å². The molecule has 24 heavy (non-hydrogen) atoms. The van der Waals surface area contributed by atoms with E-state index in [-0.39, 0.29) is 5.91 Å². The number of piperazine rings is 1. The molecule has 1 amide bonds. The van der Waals surface area contributed by atoms with Crippen LogP contribution in [-0.4, -0.2) is 56.5 Å². The quantitative estimate of drug-likeness (QED) is 0.732. The highest BCUT2D eigenvalue weighted by atomic mass is 32.1. The normalized spacial score (nSPS) is 16.0. The van der Waals surface area contributed by atoms with Crippen LogP contribution in [0.15, 0.2) is 35.8 Å². The Bertz CT molecular complexity index is 830. The van der Waals surface area contributed by atoms with Crippen molar-refractivity contribution in [3.8, 4) is 0 Å². The minimum Gasteiger partial charge on any atom is -0.335 e. The summed E-state index contributed by atoms with van der Waals surface area (Å²) in [5.41, 5.74) is 2.75. The van der Waals surface area contributed by atoms with Gasteiger partial charge in [0.05, 0.1) is 16.2 Å². The Labute approximate surface area is 144 Å². The van der Waals surface area contributed by atoms with Crippen molar-refractivity contribution in [1.29, 1.82) is 0 Å². The second kappa shape index (κ2) is 6.33. The zero-order valence-corrected chi connectivity index (χ0v) is 14.4. The van der Waals surface area contributed by atoms with Gasteiger partial charge in [-0.3, -0.25) is 9.69 Å². The summed E-state index contributed by atoms with van der Waals surface area (Å²) in [4.78, 5) is 21.0. The Morgan fingerprint density at radius 3 is 2.79 bits per heavy atom. The zero-order chi connectivity index (χ0) is 16.5. The molecule has 4 rings (SSSR count). The molecule has 1 aliphatic heterocycles. The molecular weight excluding hydrogens is 322 g/mol. The predicted octanol–water partition coefficient (Wildman–Crippen LogP) is 2.06. The van der Waals surface area contributed by atoms with Crippen LogP contribution in [0.4, 0.5) is 0 Å². The van der Waals surface area contributed by atoms with Crippen LogP contribution < -0.4 is 0 Å². The molecule has 0 unspecified atom stereocenters. The second-order valence-corrected chi connectivity index (χ2v) is 7.09. The molecule has 6 nitrogen and oxygen atoms in total. The molecule has 0 N–H and O–H groups in total. The highest BCUT2D eigenvalue weighted by Gasteiger charge is 2.24. The number of hydrogen-bond donors (Lipinski definition) is 0. The van der Waals surface area contributed by atoms with Crippen LogP contribution in [-0.2, 0) is 6.54 Å². The first kappa shape index (κ1) is 15.3. The lowest BCUT2D eigenvalue weighted by molar-refractivity contribution is 0.0622. The van der Waals surface area contributed by atoms with E-state index in [0.717, 1.165) is 48.9 Å². The number of carbonyl (C=O) groups is 1. The Kier molecular flexibility index (Phi) is 4.03. The second-order valence-electron chi connectivity index (χ2n) is 6.03. The first-order valence-electron chi connectivity index (χ1n) is 8.06. The molecule has 0 spiro atoms. The molecular formula is C17H19N5OS. The fraction of sp³-hybridized carbons (Fsp3) is 0.353. The summed E-state index contributed by atoms with van der Waals surface area (Å²) in [6, 6.07) is 8.18. The molecule has 3 aromatic rings. The molecule has 124 valence electrons. The van der Waals surface area contributed by atoms with E-state index in [1.807, 2.05) is 40.0 Å². The molecule has 0 bridgehead atoms. The Morgan fingerprint density at radius 1 is 1.25 bits per heavy atom. The number of rotatable bonds is 3. The van der Waals surface area contributed by atoms with Gasteiger partial charge in [-0.2, -0.15) is 5.10 Å². The van der Waals surface area contributed by atoms with Gasteiger partial charge in [0.2, 0.25) is 0 Å². The molecule has 1 fully saturated rings. The van der Waals surface area contributed by atoms with Crippen LogP contribution >= 0.6 is 11.3 Å². The number of hydrogen-bond acceptors (Lipinski definition) is 5. The van der Waals surface area contributed by atoms with Crippen molar-refractivity contribution in [2.24, 2.45) is 0 Å². The maximum absolute atomic E-state index is 12.4. The van der Waals surface area contributed by atoms with E-state index in [0.29, 0.717) is 5.69 Å². The Morgan fingerprint density at radius 2 is 2.08 bits per heavy atom. The van der Waals surface area contributed by atoms with Crippen molar-refractivity contribution in [1.82, 2.24) is 24.4 Å². The zero-order valence-electron chi connectivity index (χ0n) is 13.6. The van der Waals surface area contributed by atoms with Crippen molar-refractivity contribution in [2.75, 3.05) is 26.2 Å². The van der Waals surface area contributed by atoms with Crippen molar-refractivity contribution in [2.45, 2.75) is 13.5 Å². The number of amides is 1. The number of nitrogens with zero attached hydrogens (tertiary/aromatic N) is 5. The molecule has 1 saturated heterocycles. The molecule has 0 saturated carbocycles. The summed E-state index contributed by atoms with van der Waals surface area (Å²) in [6.07, 6.45) is 1.96. The summed E-state index contributed by atoms with van der Waals surface area (Å²) in [7, 11) is 0. The average Bonchev–Trinajstić information content (AvgIpc) is 3.20. The number of aromatic nitrogens is 3. The van der Waals surface area contributed by atoms with E-state index >= 15 is 0 Å². The number of thiazole rings is 1. The SMILES string of the molecule is Cc1nc(C(=O)N2CCN(Cc3cc4ccccn4n3)CC2)cs1. The Hall–Kier alpha value is -2.25. The summed E-state index contributed by atoms with van der Waals surface area (Å²) in [6.45, 7) is 5.95. The van der Waals surface area contributed by atoms with Gasteiger partial charge in [-0.05, 0) is 25.1 Å². The third-order valence-corrected chi connectivity index (χ3v) is 5.08. The van der Waals surface area contributed by atoms with Crippen molar-refractivity contribution >= 4 is 22.8 Å². The van der Waals surface area contributed by atoms with Crippen molar-refractivity contribution in [3.63, 3.8) is 0 Å². The summed E-state index contributed by atoms with van der Waals surface area (Å²) < 4.78 is 1.90. The third-order valence-electron chi connectivity index (χ3n) is 4.30. The van der Waals surface area contributed by atoms with Gasteiger partial charge in [0.1, 0.15) is 5.69 Å². The van der Waals surface area contributed by atoms with E-state index in [2.05, 4.69) is 27.1 Å². The van der Waals surface area contributed by atoms with Gasteiger partial charge >= 0.3 is 0 Å². The highest BCUT2D eigenvalue weighted by Crippen LogP contribution is 2.14. The predicted molar refractivity (Wildman–Crippen MR) is 93.2 cm³/mol. The molecule has 0 aliphatic carbocycles. The number of fused-ring (bicyclic) bond motifs is 1. The number of pyridine rings is 1. The van der Waals surface area contributed by atoms with Gasteiger partial charge in [-0.1, -0.05) is 6.07 Å². The van der Waals surface area contributed by atoms with Gasteiger partial charge in [-0.25, -0.2) is 9.50 Å². The average molecular weight is 341 g/mol. The van der Waals surface area contributed by atoms with Gasteiger partial charge in [0, 0.05) is 44.3 Å². The summed E-state index contributed by atoms with van der Waals surface area (Å²) >= 11 is 1.52. The lowest BCUT2D eigenvalue weighted by Gasteiger charge is -2.34. The van der Waals surface area contributed by atoms with E-state index in [9.17, 15) is 4.79 Å². The molecule has 4 heterocycles. The third kappa shape index (κ3) is 3.05. The first-order chi connectivity index (χ1) is 11.7. The van der Waals surface area contributed by atoms with Gasteiger partial charge in [-0.15, -0.1) is 11.3 Å². The van der Waals surface area contributed by atoms with Gasteiger partial charge < -0.3 is 4.90 Å². The van der Waals surface area contributed by atoms with Crippen molar-refractivity contribution in [3.05, 3.63) is 52.2 Å². The fourth-order valence-corrected chi connectivity index (χ4v) is 3.62. The van der Waals surface area contributed by atoms with E-state index in [1.165, 1.54) is 11.3 Å². The fourth-order valence-electron chi connectivity index (χ4n) is 3.03. The lowest BCUT2D eigenvalue weighted by Crippen LogP contribution is -2.48. The molecule has 0 aromatic carbocycles. The molecule has 7 heteroatoms. The van der Waals surface area contributed by atoms with Crippen molar-refractivity contribution < 1.29 is 4.79 Å². The van der Waals surface area contributed by atoms with Crippen LogP contribution in [0.1, 0.15) is 21.2 Å². The minimum atomic E-state index is 0.0479. The minimum absolute atomic E-state index is 0.0479. The van der Waals surface area contributed by atoms with E-state index < -0.39 is 0 Å². The number of carbonyl (C=O) groups excluding carboxylic acids is 1. The summed E-state index contributed by atoms with van der Waals surface area (Å²) in [5, 5.41) is 7.38. The monoisotopic (exact) mass is 341 g/mol. The standard InChI is InChI=1S/C17H19N5OS/c1-13-18-16(12-24-13)17(23)21-8-6-20(7-9-21)11-14-10-15-4-2-3-5-22(15)19-14/h2-5,10,12H,6-9,11H2,1H3. The highest BCUT2D eigenvalue weighted by molar-refractivity contribution is 7.09. The smallest absolute Gasteiger partial charge is 0.273 e. The Balaban J connectivity index is 1.36. The van der Waals surface area contributed by atoms with Crippen LogP contribution in [0.3, 0.4) is 0 Å². The number of aryl methyl sites for hydroxylation is 1. The topological polar surface area (TPSA) is 53.7 Å². The molecule has 1 aliphatic rings. The van der Waals surface area contributed by atoms with Gasteiger partial charge in [0.15, 0.2) is 0 Å². The van der Waals surface area contributed by atoms with Crippen LogP contribution in [0.25, 0.3) is 5.52 Å². The van der Waals surface area contributed by atoms with Crippen LogP contribution in [0, 0.1) is 6.92 Å². The summed E-state index contributed by atoms with van der Waals surface area (Å²) in [5.74, 6) is 0.0479. The van der Waals surface area contributed by atoms with Gasteiger partial charge in [0.25, 0.3) is 5.91 Å². The molecule has 3 aromatic heterocycles. The molecule has 0 radical (unpaired) electrons. The lowest BCUT2D eigenvalue weighted by atomic mass is 10.2. The first-order valence-corrected chi connectivity index (χ1v) is 8.94. The maximum Gasteiger partial charge on any atom is 0.273 e.